The molecule has 1 rings (SSSR count). The highest BCUT2D eigenvalue weighted by molar-refractivity contribution is 9.09. The molecule has 2 atom stereocenters. The normalized spacial score (nSPS) is 26.7. The van der Waals surface area contributed by atoms with Crippen molar-refractivity contribution in [1.82, 2.24) is 10.2 Å². The fourth-order valence-electron chi connectivity index (χ4n) is 2.23. The molecule has 94 valence electrons. The summed E-state index contributed by atoms with van der Waals surface area (Å²) in [4.78, 5) is 14.0. The van der Waals surface area contributed by atoms with Gasteiger partial charge < -0.3 is 10.2 Å². The number of nitrogens with zero attached hydrogens (tertiary/aromatic N) is 1. The topological polar surface area (TPSA) is 32.3 Å². The Labute approximate surface area is 107 Å². The summed E-state index contributed by atoms with van der Waals surface area (Å²) in [6.45, 7) is 4.40. The van der Waals surface area contributed by atoms with Crippen molar-refractivity contribution in [2.75, 3.05) is 25.5 Å². The van der Waals surface area contributed by atoms with Gasteiger partial charge in [0.05, 0.1) is 0 Å². The lowest BCUT2D eigenvalue weighted by Gasteiger charge is -2.35. The van der Waals surface area contributed by atoms with Crippen molar-refractivity contribution in [2.45, 2.75) is 38.6 Å². The number of nitrogens with one attached hydrogen (secondary N) is 1. The van der Waals surface area contributed by atoms with Gasteiger partial charge in [0, 0.05) is 24.3 Å². The number of carbonyl (C=O) groups excluding carboxylic acids is 1. The Morgan fingerprint density at radius 2 is 2.25 bits per heavy atom. The van der Waals surface area contributed by atoms with Crippen LogP contribution in [-0.2, 0) is 4.79 Å². The van der Waals surface area contributed by atoms with E-state index in [1.54, 1.807) is 0 Å². The summed E-state index contributed by atoms with van der Waals surface area (Å²) in [7, 11) is 2.14. The van der Waals surface area contributed by atoms with E-state index in [-0.39, 0.29) is 5.91 Å². The number of unbranched alkanes of at least 4 members (excludes halogenated alkanes) is 1. The quantitative estimate of drug-likeness (QED) is 0.621. The smallest absolute Gasteiger partial charge is 0.220 e. The van der Waals surface area contributed by atoms with Gasteiger partial charge in [-0.25, -0.2) is 0 Å². The molecule has 1 amide bonds. The van der Waals surface area contributed by atoms with E-state index in [4.69, 9.17) is 0 Å². The van der Waals surface area contributed by atoms with Crippen LogP contribution in [0.4, 0.5) is 0 Å². The van der Waals surface area contributed by atoms with Crippen molar-refractivity contribution in [3.05, 3.63) is 0 Å². The minimum Gasteiger partial charge on any atom is -0.353 e. The maximum Gasteiger partial charge on any atom is 0.220 e. The van der Waals surface area contributed by atoms with Gasteiger partial charge >= 0.3 is 0 Å². The Morgan fingerprint density at radius 3 is 2.88 bits per heavy atom. The molecule has 0 aromatic rings. The van der Waals surface area contributed by atoms with Crippen LogP contribution in [0.25, 0.3) is 0 Å². The van der Waals surface area contributed by atoms with Crippen molar-refractivity contribution in [3.63, 3.8) is 0 Å². The number of halogens is 1. The van der Waals surface area contributed by atoms with Gasteiger partial charge in [0.2, 0.25) is 5.91 Å². The molecule has 0 saturated carbocycles. The minimum absolute atomic E-state index is 0.224. The van der Waals surface area contributed by atoms with E-state index in [0.29, 0.717) is 18.4 Å². The number of piperidine rings is 1. The summed E-state index contributed by atoms with van der Waals surface area (Å²) >= 11 is 3.38. The van der Waals surface area contributed by atoms with Gasteiger partial charge in [-0.3, -0.25) is 4.79 Å². The molecule has 4 heteroatoms. The second-order valence-corrected chi connectivity index (χ2v) is 5.64. The van der Waals surface area contributed by atoms with Gasteiger partial charge in [0.1, 0.15) is 0 Å². The number of carbonyl (C=O) groups is 1. The standard InChI is InChI=1S/C12H23BrN2O/c1-10-9-15(2)8-6-11(10)14-12(16)5-3-4-7-13/h10-11H,3-9H2,1-2H3,(H,14,16). The average molecular weight is 291 g/mol. The van der Waals surface area contributed by atoms with Gasteiger partial charge in [0.15, 0.2) is 0 Å². The third-order valence-electron chi connectivity index (χ3n) is 3.24. The van der Waals surface area contributed by atoms with Gasteiger partial charge in [-0.2, -0.15) is 0 Å². The monoisotopic (exact) mass is 290 g/mol. The van der Waals surface area contributed by atoms with Crippen LogP contribution in [0, 0.1) is 5.92 Å². The third kappa shape index (κ3) is 4.83. The Hall–Kier alpha value is -0.0900. The Bertz CT molecular complexity index is 223. The average Bonchev–Trinajstić information content (AvgIpc) is 2.23. The van der Waals surface area contributed by atoms with Crippen LogP contribution in [0.15, 0.2) is 0 Å². The number of likely N-dealkylation sites (tertiary alicyclic amines) is 1. The maximum absolute atomic E-state index is 11.7. The van der Waals surface area contributed by atoms with Gasteiger partial charge in [-0.05, 0) is 38.8 Å². The number of rotatable bonds is 5. The summed E-state index contributed by atoms with van der Waals surface area (Å²) < 4.78 is 0. The summed E-state index contributed by atoms with van der Waals surface area (Å²) in [5.74, 6) is 0.793. The molecule has 16 heavy (non-hydrogen) atoms. The van der Waals surface area contributed by atoms with E-state index >= 15 is 0 Å². The lowest BCUT2D eigenvalue weighted by molar-refractivity contribution is -0.122. The number of hydrogen-bond acceptors (Lipinski definition) is 2. The number of hydrogen-bond donors (Lipinski definition) is 1. The van der Waals surface area contributed by atoms with Crippen molar-refractivity contribution in [3.8, 4) is 0 Å². The fourth-order valence-corrected chi connectivity index (χ4v) is 2.62. The first kappa shape index (κ1) is 14.0. The van der Waals surface area contributed by atoms with Gasteiger partial charge in [-0.15, -0.1) is 0 Å². The van der Waals surface area contributed by atoms with Crippen LogP contribution in [0.3, 0.4) is 0 Å². The highest BCUT2D eigenvalue weighted by Crippen LogP contribution is 2.15. The van der Waals surface area contributed by atoms with Crippen molar-refractivity contribution >= 4 is 21.8 Å². The Kier molecular flexibility index (Phi) is 6.36. The van der Waals surface area contributed by atoms with Crippen LogP contribution in [0.1, 0.15) is 32.6 Å². The summed E-state index contributed by atoms with van der Waals surface area (Å²) in [5, 5.41) is 4.16. The Balaban J connectivity index is 2.22. The van der Waals surface area contributed by atoms with Crippen LogP contribution in [-0.4, -0.2) is 42.3 Å². The van der Waals surface area contributed by atoms with E-state index in [1.165, 1.54) is 0 Å². The highest BCUT2D eigenvalue weighted by atomic mass is 79.9. The first-order chi connectivity index (χ1) is 7.63. The predicted molar refractivity (Wildman–Crippen MR) is 70.9 cm³/mol. The van der Waals surface area contributed by atoms with Crippen LogP contribution < -0.4 is 5.32 Å². The summed E-state index contributed by atoms with van der Waals surface area (Å²) in [6, 6.07) is 0.382. The molecule has 1 saturated heterocycles. The molecule has 0 radical (unpaired) electrons. The second-order valence-electron chi connectivity index (χ2n) is 4.85. The van der Waals surface area contributed by atoms with Gasteiger partial charge in [0.25, 0.3) is 0 Å². The maximum atomic E-state index is 11.7. The van der Waals surface area contributed by atoms with E-state index in [0.717, 1.165) is 37.7 Å². The molecule has 1 fully saturated rings. The molecule has 3 nitrogen and oxygen atoms in total. The lowest BCUT2D eigenvalue weighted by Crippen LogP contribution is -2.48. The fraction of sp³-hybridized carbons (Fsp3) is 0.917. The second kappa shape index (κ2) is 7.28. The Morgan fingerprint density at radius 1 is 1.50 bits per heavy atom. The van der Waals surface area contributed by atoms with Crippen molar-refractivity contribution in [2.24, 2.45) is 5.92 Å². The number of amides is 1. The van der Waals surface area contributed by atoms with Crippen molar-refractivity contribution in [1.29, 1.82) is 0 Å². The first-order valence-electron chi connectivity index (χ1n) is 6.17. The summed E-state index contributed by atoms with van der Waals surface area (Å²) in [6.07, 6.45) is 3.82. The molecule has 0 aromatic carbocycles. The third-order valence-corrected chi connectivity index (χ3v) is 3.80. The molecule has 0 bridgehead atoms. The first-order valence-corrected chi connectivity index (χ1v) is 7.29. The zero-order valence-corrected chi connectivity index (χ0v) is 11.9. The number of alkyl halides is 1. The highest BCUT2D eigenvalue weighted by Gasteiger charge is 2.24. The SMILES string of the molecule is CC1CN(C)CCC1NC(=O)CCCCBr. The molecule has 1 aliphatic rings. The van der Waals surface area contributed by atoms with E-state index in [2.05, 4.69) is 40.1 Å². The molecule has 0 spiro atoms. The van der Waals surface area contributed by atoms with Crippen LogP contribution in [0.2, 0.25) is 0 Å². The van der Waals surface area contributed by atoms with Gasteiger partial charge in [-0.1, -0.05) is 22.9 Å². The molecule has 0 aromatic heterocycles. The zero-order chi connectivity index (χ0) is 12.0. The largest absolute Gasteiger partial charge is 0.353 e. The molecule has 1 N–H and O–H groups in total. The summed E-state index contributed by atoms with van der Waals surface area (Å²) in [5.41, 5.74) is 0. The molecule has 1 heterocycles. The lowest BCUT2D eigenvalue weighted by atomic mass is 9.94. The van der Waals surface area contributed by atoms with Crippen molar-refractivity contribution < 1.29 is 4.79 Å². The van der Waals surface area contributed by atoms with E-state index in [9.17, 15) is 4.79 Å². The molecule has 1 aliphatic heterocycles. The molecule has 2 unspecified atom stereocenters. The zero-order valence-electron chi connectivity index (χ0n) is 10.3. The minimum atomic E-state index is 0.224. The van der Waals surface area contributed by atoms with E-state index in [1.807, 2.05) is 0 Å². The molecular weight excluding hydrogens is 268 g/mol. The van der Waals surface area contributed by atoms with Crippen LogP contribution >= 0.6 is 15.9 Å². The molecular formula is C12H23BrN2O. The molecule has 0 aliphatic carbocycles. The predicted octanol–water partition coefficient (Wildman–Crippen LogP) is 2.01. The van der Waals surface area contributed by atoms with Crippen LogP contribution in [0.5, 0.6) is 0 Å². The van der Waals surface area contributed by atoms with E-state index < -0.39 is 0 Å².